The van der Waals surface area contributed by atoms with Gasteiger partial charge < -0.3 is 14.8 Å². The van der Waals surface area contributed by atoms with Crippen molar-refractivity contribution in [2.24, 2.45) is 5.41 Å². The van der Waals surface area contributed by atoms with Crippen LogP contribution in [-0.4, -0.2) is 30.5 Å². The van der Waals surface area contributed by atoms with Gasteiger partial charge in [0.25, 0.3) is 11.5 Å². The number of pyridine rings is 1. The number of anilines is 1. The Hall–Kier alpha value is -3.87. The number of nitrogens with zero attached hydrogens (tertiary/aromatic N) is 1. The molecule has 1 heterocycles. The lowest BCUT2D eigenvalue weighted by atomic mass is 9.75. The van der Waals surface area contributed by atoms with Crippen LogP contribution in [0, 0.1) is 5.41 Å². The standard InChI is InChI=1S/C26H26N2O5/c1-26(2)14-21-18(22(29)15-26)13-19(24(30)27-16-9-11-17(32-3)12-10-16)25(31)28(21)20-7-5-6-8-23(20)33-4/h5-13H,14-15H2,1-4H3,(H,27,30). The van der Waals surface area contributed by atoms with Crippen molar-refractivity contribution < 1.29 is 19.1 Å². The first-order valence-corrected chi connectivity index (χ1v) is 10.6. The molecule has 0 aliphatic heterocycles. The first kappa shape index (κ1) is 22.3. The van der Waals surface area contributed by atoms with E-state index in [1.165, 1.54) is 17.7 Å². The van der Waals surface area contributed by atoms with E-state index in [4.69, 9.17) is 9.47 Å². The SMILES string of the molecule is COc1ccc(NC(=O)c2cc3c(n(-c4ccccc4OC)c2=O)CC(C)(C)CC3=O)cc1. The minimum Gasteiger partial charge on any atom is -0.497 e. The summed E-state index contributed by atoms with van der Waals surface area (Å²) in [4.78, 5) is 39.9. The zero-order valence-corrected chi connectivity index (χ0v) is 19.1. The molecule has 0 saturated carbocycles. The number of para-hydroxylation sites is 2. The molecule has 2 aromatic carbocycles. The number of carbonyl (C=O) groups is 2. The molecule has 0 unspecified atom stereocenters. The van der Waals surface area contributed by atoms with Crippen molar-refractivity contribution in [2.45, 2.75) is 26.7 Å². The number of nitrogens with one attached hydrogen (secondary N) is 1. The van der Waals surface area contributed by atoms with Crippen molar-refractivity contribution in [1.29, 1.82) is 0 Å². The van der Waals surface area contributed by atoms with Gasteiger partial charge in [0.2, 0.25) is 0 Å². The van der Waals surface area contributed by atoms with E-state index in [0.717, 1.165) is 0 Å². The monoisotopic (exact) mass is 446 g/mol. The highest BCUT2D eigenvalue weighted by Gasteiger charge is 2.35. The lowest BCUT2D eigenvalue weighted by Gasteiger charge is -2.32. The van der Waals surface area contributed by atoms with Gasteiger partial charge in [-0.3, -0.25) is 19.0 Å². The first-order chi connectivity index (χ1) is 15.7. The van der Waals surface area contributed by atoms with Gasteiger partial charge in [-0.15, -0.1) is 0 Å². The number of Topliss-reactive ketones (excluding diaryl/α,β-unsaturated/α-hetero) is 1. The number of carbonyl (C=O) groups excluding carboxylic acids is 2. The Bertz CT molecular complexity index is 1290. The van der Waals surface area contributed by atoms with E-state index >= 15 is 0 Å². The zero-order chi connectivity index (χ0) is 23.8. The van der Waals surface area contributed by atoms with Crippen LogP contribution in [0.1, 0.15) is 46.7 Å². The van der Waals surface area contributed by atoms with E-state index in [1.807, 2.05) is 13.8 Å². The topological polar surface area (TPSA) is 86.6 Å². The lowest BCUT2D eigenvalue weighted by Crippen LogP contribution is -2.37. The quantitative estimate of drug-likeness (QED) is 0.633. The Morgan fingerprint density at radius 3 is 2.33 bits per heavy atom. The number of amides is 1. The molecule has 1 N–H and O–H groups in total. The summed E-state index contributed by atoms with van der Waals surface area (Å²) in [7, 11) is 3.07. The highest BCUT2D eigenvalue weighted by Crippen LogP contribution is 2.36. The van der Waals surface area contributed by atoms with Gasteiger partial charge in [0.1, 0.15) is 17.1 Å². The van der Waals surface area contributed by atoms with Crippen LogP contribution in [0.3, 0.4) is 0 Å². The Morgan fingerprint density at radius 2 is 1.67 bits per heavy atom. The van der Waals surface area contributed by atoms with Gasteiger partial charge >= 0.3 is 0 Å². The van der Waals surface area contributed by atoms with Gasteiger partial charge in [0.05, 0.1) is 19.9 Å². The number of hydrogen-bond donors (Lipinski definition) is 1. The number of rotatable bonds is 5. The number of fused-ring (bicyclic) bond motifs is 1. The molecule has 33 heavy (non-hydrogen) atoms. The molecule has 1 amide bonds. The molecule has 0 saturated heterocycles. The van der Waals surface area contributed by atoms with E-state index < -0.39 is 11.5 Å². The maximum Gasteiger partial charge on any atom is 0.268 e. The smallest absolute Gasteiger partial charge is 0.268 e. The van der Waals surface area contributed by atoms with Crippen molar-refractivity contribution in [3.63, 3.8) is 0 Å². The van der Waals surface area contributed by atoms with Crippen LogP contribution >= 0.6 is 0 Å². The fourth-order valence-corrected chi connectivity index (χ4v) is 4.22. The molecule has 7 nitrogen and oxygen atoms in total. The average Bonchev–Trinajstić information content (AvgIpc) is 2.78. The lowest BCUT2D eigenvalue weighted by molar-refractivity contribution is 0.0908. The van der Waals surface area contributed by atoms with Crippen molar-refractivity contribution in [3.05, 3.63) is 81.8 Å². The second-order valence-electron chi connectivity index (χ2n) is 8.85. The Balaban J connectivity index is 1.89. The number of ketones is 1. The molecular weight excluding hydrogens is 420 g/mol. The highest BCUT2D eigenvalue weighted by atomic mass is 16.5. The Kier molecular flexibility index (Phi) is 5.80. The molecule has 1 aliphatic rings. The summed E-state index contributed by atoms with van der Waals surface area (Å²) in [5.41, 5.74) is 1.05. The van der Waals surface area contributed by atoms with Gasteiger partial charge in [-0.05, 0) is 54.3 Å². The molecule has 0 atom stereocenters. The van der Waals surface area contributed by atoms with Gasteiger partial charge in [0.15, 0.2) is 5.78 Å². The molecule has 0 bridgehead atoms. The van der Waals surface area contributed by atoms with Crippen molar-refractivity contribution in [2.75, 3.05) is 19.5 Å². The maximum atomic E-state index is 13.7. The summed E-state index contributed by atoms with van der Waals surface area (Å²) in [6.07, 6.45) is 0.853. The summed E-state index contributed by atoms with van der Waals surface area (Å²) in [5.74, 6) is 0.441. The molecular formula is C26H26N2O5. The third-order valence-corrected chi connectivity index (χ3v) is 5.81. The average molecular weight is 447 g/mol. The van der Waals surface area contributed by atoms with E-state index in [0.29, 0.717) is 47.0 Å². The van der Waals surface area contributed by atoms with Crippen LogP contribution in [0.15, 0.2) is 59.4 Å². The second kappa shape index (κ2) is 8.58. The normalized spacial score (nSPS) is 14.4. The molecule has 170 valence electrons. The van der Waals surface area contributed by atoms with E-state index in [1.54, 1.807) is 55.6 Å². The second-order valence-corrected chi connectivity index (χ2v) is 8.85. The minimum atomic E-state index is -0.589. The number of ether oxygens (including phenoxy) is 2. The van der Waals surface area contributed by atoms with E-state index in [-0.39, 0.29) is 16.8 Å². The Morgan fingerprint density at radius 1 is 0.970 bits per heavy atom. The van der Waals surface area contributed by atoms with Gasteiger partial charge in [0, 0.05) is 23.4 Å². The molecule has 1 aromatic heterocycles. The molecule has 0 spiro atoms. The first-order valence-electron chi connectivity index (χ1n) is 10.6. The molecule has 3 aromatic rings. The third kappa shape index (κ3) is 4.26. The van der Waals surface area contributed by atoms with E-state index in [9.17, 15) is 14.4 Å². The third-order valence-electron chi connectivity index (χ3n) is 5.81. The largest absolute Gasteiger partial charge is 0.497 e. The molecule has 0 radical (unpaired) electrons. The molecule has 0 fully saturated rings. The fourth-order valence-electron chi connectivity index (χ4n) is 4.22. The zero-order valence-electron chi connectivity index (χ0n) is 19.1. The Labute approximate surface area is 192 Å². The summed E-state index contributed by atoms with van der Waals surface area (Å²) < 4.78 is 12.1. The number of hydrogen-bond acceptors (Lipinski definition) is 5. The highest BCUT2D eigenvalue weighted by molar-refractivity contribution is 6.07. The fraction of sp³-hybridized carbons (Fsp3) is 0.269. The number of methoxy groups -OCH3 is 2. The summed E-state index contributed by atoms with van der Waals surface area (Å²) in [5, 5.41) is 2.75. The summed E-state index contributed by atoms with van der Waals surface area (Å²) >= 11 is 0. The van der Waals surface area contributed by atoms with Crippen molar-refractivity contribution in [1.82, 2.24) is 4.57 Å². The predicted molar refractivity (Wildman–Crippen MR) is 126 cm³/mol. The van der Waals surface area contributed by atoms with Gasteiger partial charge in [-0.2, -0.15) is 0 Å². The molecule has 7 heteroatoms. The van der Waals surface area contributed by atoms with Gasteiger partial charge in [-0.25, -0.2) is 0 Å². The van der Waals surface area contributed by atoms with E-state index in [2.05, 4.69) is 5.32 Å². The van der Waals surface area contributed by atoms with Gasteiger partial charge in [-0.1, -0.05) is 26.0 Å². The van der Waals surface area contributed by atoms with Crippen LogP contribution in [0.4, 0.5) is 5.69 Å². The summed E-state index contributed by atoms with van der Waals surface area (Å²) in [6.45, 7) is 3.99. The van der Waals surface area contributed by atoms with Crippen molar-refractivity contribution in [3.8, 4) is 17.2 Å². The number of benzene rings is 2. The summed E-state index contributed by atoms with van der Waals surface area (Å²) in [6, 6.07) is 15.3. The van der Waals surface area contributed by atoms with Crippen LogP contribution in [0.25, 0.3) is 5.69 Å². The maximum absolute atomic E-state index is 13.7. The van der Waals surface area contributed by atoms with Crippen LogP contribution in [0.2, 0.25) is 0 Å². The molecule has 1 aliphatic carbocycles. The minimum absolute atomic E-state index is 0.0941. The number of aromatic nitrogens is 1. The van der Waals surface area contributed by atoms with Crippen LogP contribution < -0.4 is 20.3 Å². The van der Waals surface area contributed by atoms with Crippen LogP contribution in [0.5, 0.6) is 11.5 Å². The molecule has 4 rings (SSSR count). The van der Waals surface area contributed by atoms with Crippen LogP contribution in [-0.2, 0) is 6.42 Å². The predicted octanol–water partition coefficient (Wildman–Crippen LogP) is 4.26. The van der Waals surface area contributed by atoms with Crippen molar-refractivity contribution >= 4 is 17.4 Å².